The number of aromatic nitrogens is 5. The summed E-state index contributed by atoms with van der Waals surface area (Å²) < 4.78 is 0. The van der Waals surface area contributed by atoms with Gasteiger partial charge in [-0.3, -0.25) is 0 Å². The molecule has 0 spiro atoms. The Morgan fingerprint density at radius 1 is 0.973 bits per heavy atom. The molecule has 0 amide bonds. The molecule has 184 valence electrons. The van der Waals surface area contributed by atoms with Crippen molar-refractivity contribution in [1.82, 2.24) is 24.9 Å². The van der Waals surface area contributed by atoms with Crippen LogP contribution >= 0.6 is 0 Å². The zero-order valence-corrected chi connectivity index (χ0v) is 21.1. The van der Waals surface area contributed by atoms with Crippen molar-refractivity contribution in [2.24, 2.45) is 0 Å². The summed E-state index contributed by atoms with van der Waals surface area (Å²) in [5, 5.41) is 10.1. The van der Waals surface area contributed by atoms with Crippen LogP contribution in [0.2, 0.25) is 0 Å². The lowest BCUT2D eigenvalue weighted by atomic mass is 9.96. The summed E-state index contributed by atoms with van der Waals surface area (Å²) in [4.78, 5) is 23.5. The number of piperidine rings is 1. The third-order valence-corrected chi connectivity index (χ3v) is 7.46. The molecule has 1 saturated heterocycles. The number of imidazole rings is 1. The normalized spacial score (nSPS) is 14.2. The van der Waals surface area contributed by atoms with Gasteiger partial charge in [0.1, 0.15) is 23.6 Å². The van der Waals surface area contributed by atoms with Gasteiger partial charge in [-0.2, -0.15) is 5.26 Å². The zero-order valence-electron chi connectivity index (χ0n) is 21.1. The number of aromatic amines is 2. The van der Waals surface area contributed by atoms with E-state index in [0.717, 1.165) is 77.7 Å². The van der Waals surface area contributed by atoms with Crippen molar-refractivity contribution in [2.75, 3.05) is 18.0 Å². The standard InChI is InChI=1S/C30H29N7/c1-3-20-4-10-23(11-5-20)27-19(2)34-28(36-27)24-12-14-37(15-13-24)30-25-16-26(35-29(25)32-18-33-30)22-8-6-21(17-31)7-9-22/h4-11,16,18,24H,3,12-15H2,1-2H3,(H,34,36)(H,32,33,35). The van der Waals surface area contributed by atoms with Gasteiger partial charge in [0, 0.05) is 24.7 Å². The SMILES string of the molecule is CCc1ccc(-c2[nH]c(C3CCN(c4ncnc5[nH]c(-c6ccc(C#N)cc6)cc45)CC3)nc2C)cc1. The van der Waals surface area contributed by atoms with Crippen LogP contribution < -0.4 is 4.90 Å². The fraction of sp³-hybridized carbons (Fsp3) is 0.267. The van der Waals surface area contributed by atoms with Gasteiger partial charge < -0.3 is 14.9 Å². The van der Waals surface area contributed by atoms with Crippen LogP contribution in [0.3, 0.4) is 0 Å². The molecule has 0 aliphatic carbocycles. The van der Waals surface area contributed by atoms with Gasteiger partial charge in [-0.1, -0.05) is 43.3 Å². The first-order valence-corrected chi connectivity index (χ1v) is 12.9. The van der Waals surface area contributed by atoms with Crippen molar-refractivity contribution in [2.45, 2.75) is 39.0 Å². The van der Waals surface area contributed by atoms with E-state index in [-0.39, 0.29) is 0 Å². The predicted molar refractivity (Wildman–Crippen MR) is 146 cm³/mol. The van der Waals surface area contributed by atoms with Crippen molar-refractivity contribution in [3.05, 3.63) is 83.6 Å². The number of nitrogens with zero attached hydrogens (tertiary/aromatic N) is 5. The second-order valence-electron chi connectivity index (χ2n) is 9.73. The lowest BCUT2D eigenvalue weighted by Crippen LogP contribution is -2.33. The Balaban J connectivity index is 1.20. The molecule has 4 heterocycles. The highest BCUT2D eigenvalue weighted by Gasteiger charge is 2.26. The summed E-state index contributed by atoms with van der Waals surface area (Å²) in [6.07, 6.45) is 4.71. The molecule has 0 unspecified atom stereocenters. The average molecular weight is 488 g/mol. The highest BCUT2D eigenvalue weighted by atomic mass is 15.2. The van der Waals surface area contributed by atoms with Crippen LogP contribution in [0.5, 0.6) is 0 Å². The Kier molecular flexibility index (Phi) is 5.93. The molecule has 5 aromatic rings. The third-order valence-electron chi connectivity index (χ3n) is 7.46. The predicted octanol–water partition coefficient (Wildman–Crippen LogP) is 6.14. The number of hydrogen-bond donors (Lipinski definition) is 2. The number of anilines is 1. The topological polar surface area (TPSA) is 97.3 Å². The third kappa shape index (κ3) is 4.36. The molecule has 2 aromatic carbocycles. The number of rotatable bonds is 5. The highest BCUT2D eigenvalue weighted by molar-refractivity contribution is 5.92. The first-order chi connectivity index (χ1) is 18.1. The van der Waals surface area contributed by atoms with Crippen LogP contribution in [0.4, 0.5) is 5.82 Å². The number of benzene rings is 2. The Morgan fingerprint density at radius 3 is 2.41 bits per heavy atom. The van der Waals surface area contributed by atoms with Gasteiger partial charge in [-0.05, 0) is 61.1 Å². The minimum Gasteiger partial charge on any atom is -0.356 e. The molecule has 6 rings (SSSR count). The van der Waals surface area contributed by atoms with Crippen LogP contribution in [0.15, 0.2) is 60.9 Å². The summed E-state index contributed by atoms with van der Waals surface area (Å²) in [6.45, 7) is 6.09. The molecule has 37 heavy (non-hydrogen) atoms. The van der Waals surface area contributed by atoms with Gasteiger partial charge in [-0.15, -0.1) is 0 Å². The van der Waals surface area contributed by atoms with E-state index in [1.165, 1.54) is 11.1 Å². The molecule has 1 aliphatic heterocycles. The van der Waals surface area contributed by atoms with E-state index in [0.29, 0.717) is 11.5 Å². The zero-order chi connectivity index (χ0) is 25.4. The van der Waals surface area contributed by atoms with Gasteiger partial charge in [0.15, 0.2) is 0 Å². The van der Waals surface area contributed by atoms with Crippen LogP contribution in [0.1, 0.15) is 48.3 Å². The molecule has 1 fully saturated rings. The monoisotopic (exact) mass is 487 g/mol. The quantitative estimate of drug-likeness (QED) is 0.310. The largest absolute Gasteiger partial charge is 0.356 e. The van der Waals surface area contributed by atoms with Crippen LogP contribution in [-0.2, 0) is 6.42 Å². The highest BCUT2D eigenvalue weighted by Crippen LogP contribution is 2.34. The average Bonchev–Trinajstić information content (AvgIpc) is 3.57. The summed E-state index contributed by atoms with van der Waals surface area (Å²) in [5.41, 5.74) is 8.20. The maximum atomic E-state index is 9.08. The summed E-state index contributed by atoms with van der Waals surface area (Å²) in [6, 6.07) is 20.6. The maximum Gasteiger partial charge on any atom is 0.143 e. The summed E-state index contributed by atoms with van der Waals surface area (Å²) in [5.74, 6) is 2.45. The lowest BCUT2D eigenvalue weighted by molar-refractivity contribution is 0.487. The van der Waals surface area contributed by atoms with Crippen molar-refractivity contribution in [3.8, 4) is 28.6 Å². The number of nitrogens with one attached hydrogen (secondary N) is 2. The van der Waals surface area contributed by atoms with Crippen LogP contribution in [0.25, 0.3) is 33.5 Å². The first-order valence-electron chi connectivity index (χ1n) is 12.9. The Morgan fingerprint density at radius 2 is 1.70 bits per heavy atom. The number of H-pyrrole nitrogens is 2. The Bertz CT molecular complexity index is 1580. The van der Waals surface area contributed by atoms with Gasteiger partial charge in [-0.25, -0.2) is 15.0 Å². The second kappa shape index (κ2) is 9.55. The first kappa shape index (κ1) is 23.0. The number of hydrogen-bond acceptors (Lipinski definition) is 5. The number of nitriles is 1. The van der Waals surface area contributed by atoms with Crippen LogP contribution in [-0.4, -0.2) is 38.0 Å². The summed E-state index contributed by atoms with van der Waals surface area (Å²) >= 11 is 0. The van der Waals surface area contributed by atoms with Crippen molar-refractivity contribution < 1.29 is 0 Å². The van der Waals surface area contributed by atoms with E-state index >= 15 is 0 Å². The van der Waals surface area contributed by atoms with E-state index in [1.807, 2.05) is 24.3 Å². The summed E-state index contributed by atoms with van der Waals surface area (Å²) in [7, 11) is 0. The van der Waals surface area contributed by atoms with Crippen LogP contribution in [0, 0.1) is 18.3 Å². The Hall–Kier alpha value is -4.44. The molecular formula is C30H29N7. The smallest absolute Gasteiger partial charge is 0.143 e. The van der Waals surface area contributed by atoms with E-state index in [9.17, 15) is 0 Å². The molecule has 3 aromatic heterocycles. The van der Waals surface area contributed by atoms with E-state index in [4.69, 9.17) is 10.2 Å². The number of fused-ring (bicyclic) bond motifs is 1. The lowest BCUT2D eigenvalue weighted by Gasteiger charge is -2.32. The maximum absolute atomic E-state index is 9.08. The molecule has 0 bridgehead atoms. The van der Waals surface area contributed by atoms with E-state index in [2.05, 4.69) is 75.1 Å². The molecule has 7 nitrogen and oxygen atoms in total. The van der Waals surface area contributed by atoms with Gasteiger partial charge in [0.2, 0.25) is 0 Å². The molecule has 0 radical (unpaired) electrons. The Labute approximate surface area is 216 Å². The van der Waals surface area contributed by atoms with Gasteiger partial charge in [0.25, 0.3) is 0 Å². The fourth-order valence-corrected chi connectivity index (χ4v) is 5.29. The molecule has 7 heteroatoms. The molecular weight excluding hydrogens is 458 g/mol. The molecule has 0 saturated carbocycles. The van der Waals surface area contributed by atoms with Gasteiger partial charge in [0.05, 0.1) is 28.4 Å². The van der Waals surface area contributed by atoms with Crippen molar-refractivity contribution >= 4 is 16.9 Å². The second-order valence-corrected chi connectivity index (χ2v) is 9.73. The fourth-order valence-electron chi connectivity index (χ4n) is 5.29. The van der Waals surface area contributed by atoms with Crippen molar-refractivity contribution in [3.63, 3.8) is 0 Å². The van der Waals surface area contributed by atoms with Gasteiger partial charge >= 0.3 is 0 Å². The minimum atomic E-state index is 0.399. The number of aryl methyl sites for hydroxylation is 2. The van der Waals surface area contributed by atoms with E-state index in [1.54, 1.807) is 6.33 Å². The molecule has 1 aliphatic rings. The van der Waals surface area contributed by atoms with E-state index < -0.39 is 0 Å². The molecule has 2 N–H and O–H groups in total. The minimum absolute atomic E-state index is 0.399. The molecule has 0 atom stereocenters. The van der Waals surface area contributed by atoms with Crippen molar-refractivity contribution in [1.29, 1.82) is 5.26 Å².